The molecule has 0 radical (unpaired) electrons. The smallest absolute Gasteiger partial charge is 0.257 e. The van der Waals surface area contributed by atoms with Gasteiger partial charge >= 0.3 is 0 Å². The minimum absolute atomic E-state index is 0.00761. The monoisotopic (exact) mass is 357 g/mol. The Hall–Kier alpha value is -2.51. The van der Waals surface area contributed by atoms with Crippen LogP contribution < -0.4 is 5.32 Å². The molecule has 140 valence electrons. The van der Waals surface area contributed by atoms with Crippen molar-refractivity contribution in [1.82, 2.24) is 29.9 Å². The van der Waals surface area contributed by atoms with Crippen molar-refractivity contribution in [2.24, 2.45) is 5.92 Å². The van der Waals surface area contributed by atoms with Gasteiger partial charge < -0.3 is 10.2 Å². The molecule has 0 aliphatic carbocycles. The third kappa shape index (κ3) is 4.17. The first-order chi connectivity index (χ1) is 12.4. The summed E-state index contributed by atoms with van der Waals surface area (Å²) in [4.78, 5) is 22.9. The Bertz CT molecular complexity index is 748. The van der Waals surface area contributed by atoms with Crippen molar-refractivity contribution in [3.8, 4) is 0 Å². The highest BCUT2D eigenvalue weighted by molar-refractivity contribution is 5.93. The number of hydrogen-bond acceptors (Lipinski definition) is 6. The van der Waals surface area contributed by atoms with E-state index in [2.05, 4.69) is 46.4 Å². The van der Waals surface area contributed by atoms with Gasteiger partial charge in [0.1, 0.15) is 0 Å². The quantitative estimate of drug-likeness (QED) is 0.900. The minimum atomic E-state index is -0.00803. The summed E-state index contributed by atoms with van der Waals surface area (Å²) in [6.07, 6.45) is 7.26. The summed E-state index contributed by atoms with van der Waals surface area (Å²) in [5, 5.41) is 11.4. The van der Waals surface area contributed by atoms with Crippen LogP contribution in [0.5, 0.6) is 0 Å². The fraction of sp³-hybridized carbons (Fsp3) is 0.611. The number of amides is 1. The van der Waals surface area contributed by atoms with Gasteiger partial charge in [-0.25, -0.2) is 9.97 Å². The van der Waals surface area contributed by atoms with Crippen LogP contribution in [0.15, 0.2) is 18.6 Å². The molecular formula is C18H27N7O. The lowest BCUT2D eigenvalue weighted by atomic mass is 9.93. The second-order valence-electron chi connectivity index (χ2n) is 7.88. The number of likely N-dealkylation sites (tertiary alicyclic amines) is 1. The molecule has 0 aromatic carbocycles. The Labute approximate surface area is 154 Å². The average Bonchev–Trinajstić information content (AvgIpc) is 3.10. The number of hydrogen-bond donors (Lipinski definition) is 1. The van der Waals surface area contributed by atoms with E-state index in [4.69, 9.17) is 0 Å². The van der Waals surface area contributed by atoms with E-state index in [-0.39, 0.29) is 11.3 Å². The van der Waals surface area contributed by atoms with Gasteiger partial charge in [0.2, 0.25) is 5.95 Å². The Morgan fingerprint density at radius 1 is 1.31 bits per heavy atom. The maximum Gasteiger partial charge on any atom is 0.257 e. The molecule has 1 fully saturated rings. The number of aromatic nitrogens is 5. The van der Waals surface area contributed by atoms with Crippen molar-refractivity contribution in [2.75, 3.05) is 25.5 Å². The molecule has 8 nitrogen and oxygen atoms in total. The van der Waals surface area contributed by atoms with Crippen molar-refractivity contribution in [3.63, 3.8) is 0 Å². The fourth-order valence-electron chi connectivity index (χ4n) is 3.14. The number of carbonyl (C=O) groups is 1. The van der Waals surface area contributed by atoms with Crippen molar-refractivity contribution >= 4 is 11.9 Å². The van der Waals surface area contributed by atoms with Gasteiger partial charge in [0.15, 0.2) is 0 Å². The van der Waals surface area contributed by atoms with E-state index < -0.39 is 0 Å². The molecule has 1 aliphatic rings. The lowest BCUT2D eigenvalue weighted by Gasteiger charge is -2.32. The fourth-order valence-corrected chi connectivity index (χ4v) is 3.14. The van der Waals surface area contributed by atoms with Gasteiger partial charge in [0.25, 0.3) is 5.91 Å². The van der Waals surface area contributed by atoms with Crippen LogP contribution in [-0.4, -0.2) is 55.9 Å². The molecule has 0 spiro atoms. The molecule has 0 bridgehead atoms. The number of nitrogens with zero attached hydrogens (tertiary/aromatic N) is 6. The molecule has 26 heavy (non-hydrogen) atoms. The highest BCUT2D eigenvalue weighted by Crippen LogP contribution is 2.22. The molecule has 1 unspecified atom stereocenters. The Morgan fingerprint density at radius 3 is 2.65 bits per heavy atom. The summed E-state index contributed by atoms with van der Waals surface area (Å²) in [5.41, 5.74) is 1.51. The van der Waals surface area contributed by atoms with Gasteiger partial charge in [0, 0.05) is 50.7 Å². The Morgan fingerprint density at radius 2 is 2.04 bits per heavy atom. The lowest BCUT2D eigenvalue weighted by molar-refractivity contribution is 0.0658. The highest BCUT2D eigenvalue weighted by Gasteiger charge is 2.26. The molecule has 1 saturated heterocycles. The second kappa shape index (κ2) is 7.39. The van der Waals surface area contributed by atoms with Crippen LogP contribution in [0.1, 0.15) is 49.7 Å². The summed E-state index contributed by atoms with van der Waals surface area (Å²) in [6.45, 7) is 8.66. The van der Waals surface area contributed by atoms with E-state index in [0.29, 0.717) is 17.4 Å². The number of carbonyl (C=O) groups excluding carboxylic acids is 1. The first kappa shape index (κ1) is 18.3. The Kier molecular flexibility index (Phi) is 5.20. The van der Waals surface area contributed by atoms with Crippen LogP contribution >= 0.6 is 0 Å². The maximum absolute atomic E-state index is 12.7. The number of nitrogens with one attached hydrogen (secondary N) is 1. The summed E-state index contributed by atoms with van der Waals surface area (Å²) in [5.74, 6) is 0.880. The molecule has 3 rings (SSSR count). The zero-order chi connectivity index (χ0) is 18.7. The SMILES string of the molecule is CNc1ncc(C(=O)N2CCCC(Cn3cc(C(C)(C)C)nn3)C2)cn1. The third-order valence-corrected chi connectivity index (χ3v) is 4.68. The molecule has 1 atom stereocenters. The van der Waals surface area contributed by atoms with E-state index in [1.165, 1.54) is 0 Å². The summed E-state index contributed by atoms with van der Waals surface area (Å²) >= 11 is 0. The predicted octanol–water partition coefficient (Wildman–Crippen LogP) is 1.96. The number of rotatable bonds is 4. The topological polar surface area (TPSA) is 88.8 Å². The van der Waals surface area contributed by atoms with E-state index in [0.717, 1.165) is 38.2 Å². The maximum atomic E-state index is 12.7. The normalized spacial score (nSPS) is 18.0. The van der Waals surface area contributed by atoms with Crippen molar-refractivity contribution < 1.29 is 4.79 Å². The van der Waals surface area contributed by atoms with Crippen LogP contribution in [-0.2, 0) is 12.0 Å². The van der Waals surface area contributed by atoms with Crippen molar-refractivity contribution in [1.29, 1.82) is 0 Å². The summed E-state index contributed by atoms with van der Waals surface area (Å²) in [6, 6.07) is 0. The summed E-state index contributed by atoms with van der Waals surface area (Å²) < 4.78 is 1.91. The second-order valence-corrected chi connectivity index (χ2v) is 7.88. The molecule has 2 aromatic rings. The minimum Gasteiger partial charge on any atom is -0.357 e. The van der Waals surface area contributed by atoms with Crippen LogP contribution in [0.2, 0.25) is 0 Å². The zero-order valence-corrected chi connectivity index (χ0v) is 15.9. The van der Waals surface area contributed by atoms with Crippen molar-refractivity contribution in [2.45, 2.75) is 45.6 Å². The van der Waals surface area contributed by atoms with Crippen molar-refractivity contribution in [3.05, 3.63) is 29.8 Å². The molecule has 8 heteroatoms. The van der Waals surface area contributed by atoms with Gasteiger partial charge in [-0.3, -0.25) is 9.48 Å². The molecule has 1 N–H and O–H groups in total. The van der Waals surface area contributed by atoms with Gasteiger partial charge in [-0.2, -0.15) is 0 Å². The van der Waals surface area contributed by atoms with Gasteiger partial charge in [-0.15, -0.1) is 5.10 Å². The van der Waals surface area contributed by atoms with E-state index in [9.17, 15) is 4.79 Å². The van der Waals surface area contributed by atoms with Gasteiger partial charge in [-0.1, -0.05) is 26.0 Å². The van der Waals surface area contributed by atoms with Crippen LogP contribution in [0, 0.1) is 5.92 Å². The number of anilines is 1. The lowest BCUT2D eigenvalue weighted by Crippen LogP contribution is -2.41. The standard InChI is InChI=1S/C18H27N7O/c1-18(2,3)15-12-25(23-22-15)11-13-6-5-7-24(10-13)16(26)14-8-20-17(19-4)21-9-14/h8-9,12-13H,5-7,10-11H2,1-4H3,(H,19,20,21). The first-order valence-electron chi connectivity index (χ1n) is 9.06. The third-order valence-electron chi connectivity index (χ3n) is 4.68. The zero-order valence-electron chi connectivity index (χ0n) is 15.9. The molecule has 2 aromatic heterocycles. The highest BCUT2D eigenvalue weighted by atomic mass is 16.2. The van der Waals surface area contributed by atoms with E-state index >= 15 is 0 Å². The van der Waals surface area contributed by atoms with E-state index in [1.807, 2.05) is 15.8 Å². The predicted molar refractivity (Wildman–Crippen MR) is 98.9 cm³/mol. The molecular weight excluding hydrogens is 330 g/mol. The summed E-state index contributed by atoms with van der Waals surface area (Å²) in [7, 11) is 1.75. The first-order valence-corrected chi connectivity index (χ1v) is 9.06. The van der Waals surface area contributed by atoms with E-state index in [1.54, 1.807) is 19.4 Å². The molecule has 1 aliphatic heterocycles. The average molecular weight is 357 g/mol. The Balaban J connectivity index is 1.63. The van der Waals surface area contributed by atoms with Gasteiger partial charge in [0.05, 0.1) is 11.3 Å². The van der Waals surface area contributed by atoms with Crippen LogP contribution in [0.25, 0.3) is 0 Å². The molecule has 0 saturated carbocycles. The number of piperidine rings is 1. The molecule has 1 amide bonds. The van der Waals surface area contributed by atoms with Crippen LogP contribution in [0.4, 0.5) is 5.95 Å². The van der Waals surface area contributed by atoms with Crippen LogP contribution in [0.3, 0.4) is 0 Å². The largest absolute Gasteiger partial charge is 0.357 e. The molecule has 3 heterocycles. The van der Waals surface area contributed by atoms with Gasteiger partial charge in [-0.05, 0) is 18.8 Å².